The molecule has 0 bridgehead atoms. The molecule has 1 aromatic heterocycles. The molecule has 0 radical (unpaired) electrons. The number of nitrogens with zero attached hydrogens (tertiary/aromatic N) is 3. The fourth-order valence-electron chi connectivity index (χ4n) is 2.77. The van der Waals surface area contributed by atoms with Gasteiger partial charge >= 0.3 is 0 Å². The maximum absolute atomic E-state index is 9.57. The van der Waals surface area contributed by atoms with E-state index in [1.54, 1.807) is 7.11 Å². The van der Waals surface area contributed by atoms with Crippen LogP contribution in [-0.4, -0.2) is 41.4 Å². The summed E-state index contributed by atoms with van der Waals surface area (Å²) < 4.78 is 5.40. The van der Waals surface area contributed by atoms with Crippen molar-refractivity contribution in [1.29, 1.82) is 0 Å². The molecule has 2 aromatic rings. The van der Waals surface area contributed by atoms with Crippen molar-refractivity contribution in [1.82, 2.24) is 9.97 Å². The molecule has 1 aliphatic rings. The quantitative estimate of drug-likeness (QED) is 0.926. The van der Waals surface area contributed by atoms with Gasteiger partial charge in [0.25, 0.3) is 5.88 Å². The van der Waals surface area contributed by atoms with E-state index < -0.39 is 0 Å². The predicted molar refractivity (Wildman–Crippen MR) is 78.2 cm³/mol. The smallest absolute Gasteiger partial charge is 0.257 e. The zero-order valence-electron chi connectivity index (χ0n) is 11.6. The highest BCUT2D eigenvalue weighted by Crippen LogP contribution is 2.31. The monoisotopic (exact) mass is 273 g/mol. The topological polar surface area (TPSA) is 58.5 Å². The van der Waals surface area contributed by atoms with Gasteiger partial charge in [0, 0.05) is 6.54 Å². The zero-order valence-corrected chi connectivity index (χ0v) is 11.6. The van der Waals surface area contributed by atoms with Crippen molar-refractivity contribution in [3.63, 3.8) is 0 Å². The van der Waals surface area contributed by atoms with Crippen LogP contribution in [0.15, 0.2) is 24.3 Å². The summed E-state index contributed by atoms with van der Waals surface area (Å²) in [5.74, 6) is 1.27. The molecule has 0 aliphatic carbocycles. The number of rotatable bonds is 3. The van der Waals surface area contributed by atoms with Gasteiger partial charge in [-0.25, -0.2) is 9.97 Å². The van der Waals surface area contributed by atoms with E-state index in [0.717, 1.165) is 42.7 Å². The summed E-state index contributed by atoms with van der Waals surface area (Å²) in [7, 11) is 1.61. The summed E-state index contributed by atoms with van der Waals surface area (Å²) in [4.78, 5) is 11.4. The SMILES string of the molecule is COc1nc2ccccc2nc1N1CCCC[C@@H]1CO. The first-order chi connectivity index (χ1) is 9.83. The highest BCUT2D eigenvalue weighted by molar-refractivity contribution is 5.77. The number of hydrogen-bond donors (Lipinski definition) is 1. The zero-order chi connectivity index (χ0) is 13.9. The lowest BCUT2D eigenvalue weighted by Crippen LogP contribution is -2.42. The number of methoxy groups -OCH3 is 1. The second kappa shape index (κ2) is 5.63. The average molecular weight is 273 g/mol. The molecule has 0 unspecified atom stereocenters. The number of aliphatic hydroxyl groups is 1. The van der Waals surface area contributed by atoms with Gasteiger partial charge in [0.05, 0.1) is 30.8 Å². The number of aliphatic hydroxyl groups excluding tert-OH is 1. The van der Waals surface area contributed by atoms with E-state index in [9.17, 15) is 5.11 Å². The highest BCUT2D eigenvalue weighted by Gasteiger charge is 2.26. The average Bonchev–Trinajstić information content (AvgIpc) is 2.53. The number of fused-ring (bicyclic) bond motifs is 1. The molecular formula is C15H19N3O2. The number of piperidine rings is 1. The summed E-state index contributed by atoms with van der Waals surface area (Å²) in [5.41, 5.74) is 1.68. The lowest BCUT2D eigenvalue weighted by atomic mass is 10.0. The molecule has 5 heteroatoms. The summed E-state index contributed by atoms with van der Waals surface area (Å²) >= 11 is 0. The van der Waals surface area contributed by atoms with Crippen LogP contribution in [0.3, 0.4) is 0 Å². The number of hydrogen-bond acceptors (Lipinski definition) is 5. The van der Waals surface area contributed by atoms with Crippen molar-refractivity contribution in [2.45, 2.75) is 25.3 Å². The van der Waals surface area contributed by atoms with Gasteiger partial charge in [0.1, 0.15) is 0 Å². The molecule has 106 valence electrons. The molecule has 5 nitrogen and oxygen atoms in total. The van der Waals surface area contributed by atoms with E-state index in [4.69, 9.17) is 9.72 Å². The Bertz CT molecular complexity index is 603. The Labute approximate surface area is 118 Å². The molecule has 1 atom stereocenters. The van der Waals surface area contributed by atoms with Gasteiger partial charge in [-0.1, -0.05) is 12.1 Å². The van der Waals surface area contributed by atoms with E-state index >= 15 is 0 Å². The first-order valence-corrected chi connectivity index (χ1v) is 7.01. The van der Waals surface area contributed by atoms with Crippen LogP contribution < -0.4 is 9.64 Å². The third kappa shape index (κ3) is 2.29. The second-order valence-electron chi connectivity index (χ2n) is 5.07. The van der Waals surface area contributed by atoms with E-state index in [-0.39, 0.29) is 12.6 Å². The van der Waals surface area contributed by atoms with Gasteiger partial charge in [0.2, 0.25) is 0 Å². The maximum atomic E-state index is 9.57. The van der Waals surface area contributed by atoms with Crippen LogP contribution in [0.5, 0.6) is 5.88 Å². The number of anilines is 1. The van der Waals surface area contributed by atoms with Gasteiger partial charge in [-0.05, 0) is 31.4 Å². The maximum Gasteiger partial charge on any atom is 0.257 e. The third-order valence-electron chi connectivity index (χ3n) is 3.82. The van der Waals surface area contributed by atoms with Gasteiger partial charge < -0.3 is 14.7 Å². The summed E-state index contributed by atoms with van der Waals surface area (Å²) in [6, 6.07) is 7.87. The van der Waals surface area contributed by atoms with E-state index in [2.05, 4.69) is 9.88 Å². The Balaban J connectivity index is 2.08. The van der Waals surface area contributed by atoms with E-state index in [0.29, 0.717) is 5.88 Å². The number of para-hydroxylation sites is 2. The Morgan fingerprint density at radius 1 is 1.25 bits per heavy atom. The van der Waals surface area contributed by atoms with Crippen molar-refractivity contribution in [3.05, 3.63) is 24.3 Å². The fourth-order valence-corrected chi connectivity index (χ4v) is 2.77. The van der Waals surface area contributed by atoms with E-state index in [1.165, 1.54) is 0 Å². The Hall–Kier alpha value is -1.88. The van der Waals surface area contributed by atoms with Gasteiger partial charge in [-0.15, -0.1) is 0 Å². The minimum atomic E-state index is 0.105. The van der Waals surface area contributed by atoms with Crippen molar-refractivity contribution in [2.75, 3.05) is 25.2 Å². The minimum absolute atomic E-state index is 0.105. The molecule has 1 aliphatic heterocycles. The molecule has 1 N–H and O–H groups in total. The van der Waals surface area contributed by atoms with Crippen LogP contribution in [0.25, 0.3) is 11.0 Å². The summed E-state index contributed by atoms with van der Waals surface area (Å²) in [6.07, 6.45) is 3.23. The first-order valence-electron chi connectivity index (χ1n) is 7.01. The van der Waals surface area contributed by atoms with Crippen LogP contribution in [0.4, 0.5) is 5.82 Å². The normalized spacial score (nSPS) is 19.3. The van der Waals surface area contributed by atoms with Gasteiger partial charge in [0.15, 0.2) is 5.82 Å². The van der Waals surface area contributed by atoms with E-state index in [1.807, 2.05) is 24.3 Å². The number of aromatic nitrogens is 2. The Morgan fingerprint density at radius 3 is 2.70 bits per heavy atom. The number of ether oxygens (including phenoxy) is 1. The molecule has 20 heavy (non-hydrogen) atoms. The molecule has 1 saturated heterocycles. The van der Waals surface area contributed by atoms with Crippen LogP contribution >= 0.6 is 0 Å². The second-order valence-corrected chi connectivity index (χ2v) is 5.07. The van der Waals surface area contributed by atoms with Gasteiger partial charge in [-0.2, -0.15) is 0 Å². The lowest BCUT2D eigenvalue weighted by molar-refractivity contribution is 0.238. The fraction of sp³-hybridized carbons (Fsp3) is 0.467. The number of benzene rings is 1. The summed E-state index contributed by atoms with van der Waals surface area (Å²) in [5, 5.41) is 9.57. The molecule has 0 spiro atoms. The highest BCUT2D eigenvalue weighted by atomic mass is 16.5. The van der Waals surface area contributed by atoms with Crippen molar-refractivity contribution in [2.24, 2.45) is 0 Å². The molecule has 3 rings (SSSR count). The van der Waals surface area contributed by atoms with Crippen LogP contribution in [0.2, 0.25) is 0 Å². The van der Waals surface area contributed by atoms with Crippen molar-refractivity contribution < 1.29 is 9.84 Å². The molecule has 0 saturated carbocycles. The molecule has 2 heterocycles. The Kier molecular flexibility index (Phi) is 3.69. The standard InChI is InChI=1S/C15H19N3O2/c1-20-15-14(18-9-5-4-6-11(18)10-19)16-12-7-2-3-8-13(12)17-15/h2-3,7-8,11,19H,4-6,9-10H2,1H3/t11-/m1/s1. The van der Waals surface area contributed by atoms with Crippen LogP contribution in [0, 0.1) is 0 Å². The van der Waals surface area contributed by atoms with Crippen molar-refractivity contribution in [3.8, 4) is 5.88 Å². The largest absolute Gasteiger partial charge is 0.478 e. The molecule has 1 fully saturated rings. The lowest BCUT2D eigenvalue weighted by Gasteiger charge is -2.35. The van der Waals surface area contributed by atoms with Crippen LogP contribution in [-0.2, 0) is 0 Å². The summed E-state index contributed by atoms with van der Waals surface area (Å²) in [6.45, 7) is 1.02. The minimum Gasteiger partial charge on any atom is -0.478 e. The molecule has 1 aromatic carbocycles. The third-order valence-corrected chi connectivity index (χ3v) is 3.82. The molecular weight excluding hydrogens is 254 g/mol. The van der Waals surface area contributed by atoms with Crippen molar-refractivity contribution >= 4 is 16.9 Å². The predicted octanol–water partition coefficient (Wildman–Crippen LogP) is 1.99. The first kappa shape index (κ1) is 13.1. The Morgan fingerprint density at radius 2 is 2.00 bits per heavy atom. The van der Waals surface area contributed by atoms with Crippen LogP contribution in [0.1, 0.15) is 19.3 Å². The molecule has 0 amide bonds. The van der Waals surface area contributed by atoms with Gasteiger partial charge in [-0.3, -0.25) is 0 Å².